The van der Waals surface area contributed by atoms with Crippen LogP contribution < -0.4 is 5.56 Å². The van der Waals surface area contributed by atoms with Crippen LogP contribution in [0.4, 0.5) is 0 Å². The second-order valence-electron chi connectivity index (χ2n) is 5.30. The van der Waals surface area contributed by atoms with Gasteiger partial charge < -0.3 is 13.9 Å². The standard InChI is InChI=1S/C17H15BrN2O3S/c1-19(11-13-6-8-15(18)24-13)17(22)14-7-5-12(23-14)10-20-9-3-2-4-16(20)21/h2-9H,10-11H2,1H3. The highest BCUT2D eigenvalue weighted by molar-refractivity contribution is 9.11. The van der Waals surface area contributed by atoms with Crippen LogP contribution in [0, 0.1) is 0 Å². The van der Waals surface area contributed by atoms with E-state index in [1.54, 1.807) is 53.7 Å². The number of hydrogen-bond acceptors (Lipinski definition) is 4. The van der Waals surface area contributed by atoms with E-state index in [0.29, 0.717) is 18.8 Å². The van der Waals surface area contributed by atoms with Gasteiger partial charge in [-0.15, -0.1) is 11.3 Å². The van der Waals surface area contributed by atoms with Crippen molar-refractivity contribution >= 4 is 33.2 Å². The largest absolute Gasteiger partial charge is 0.454 e. The predicted molar refractivity (Wildman–Crippen MR) is 96.3 cm³/mol. The normalized spacial score (nSPS) is 10.8. The third-order valence-electron chi connectivity index (χ3n) is 3.47. The van der Waals surface area contributed by atoms with Gasteiger partial charge in [0, 0.05) is 24.2 Å². The van der Waals surface area contributed by atoms with Gasteiger partial charge in [-0.1, -0.05) is 6.07 Å². The Bertz CT molecular complexity index is 912. The lowest BCUT2D eigenvalue weighted by atomic mass is 10.3. The van der Waals surface area contributed by atoms with E-state index >= 15 is 0 Å². The molecular weight excluding hydrogens is 392 g/mol. The molecule has 0 aromatic carbocycles. The molecule has 0 unspecified atom stereocenters. The van der Waals surface area contributed by atoms with E-state index in [1.165, 1.54) is 10.6 Å². The van der Waals surface area contributed by atoms with Crippen LogP contribution in [0.5, 0.6) is 0 Å². The van der Waals surface area contributed by atoms with Crippen molar-refractivity contribution in [3.05, 3.63) is 79.2 Å². The molecule has 7 heteroatoms. The molecule has 0 aliphatic heterocycles. The molecule has 3 aromatic heterocycles. The van der Waals surface area contributed by atoms with E-state index in [0.717, 1.165) is 8.66 Å². The minimum atomic E-state index is -0.189. The van der Waals surface area contributed by atoms with Crippen molar-refractivity contribution in [2.45, 2.75) is 13.1 Å². The summed E-state index contributed by atoms with van der Waals surface area (Å²) in [5.74, 6) is 0.650. The second kappa shape index (κ2) is 7.19. The fourth-order valence-electron chi connectivity index (χ4n) is 2.27. The van der Waals surface area contributed by atoms with Gasteiger partial charge in [-0.05, 0) is 46.3 Å². The zero-order chi connectivity index (χ0) is 17.1. The fraction of sp³-hybridized carbons (Fsp3) is 0.176. The lowest BCUT2D eigenvalue weighted by molar-refractivity contribution is 0.0752. The highest BCUT2D eigenvalue weighted by Crippen LogP contribution is 2.23. The number of carbonyl (C=O) groups excluding carboxylic acids is 1. The van der Waals surface area contributed by atoms with Crippen molar-refractivity contribution in [2.24, 2.45) is 0 Å². The van der Waals surface area contributed by atoms with Crippen molar-refractivity contribution in [3.63, 3.8) is 0 Å². The predicted octanol–water partition coefficient (Wildman–Crippen LogP) is 3.59. The van der Waals surface area contributed by atoms with Gasteiger partial charge >= 0.3 is 0 Å². The lowest BCUT2D eigenvalue weighted by Gasteiger charge is -2.14. The van der Waals surface area contributed by atoms with Crippen LogP contribution in [0.3, 0.4) is 0 Å². The molecule has 0 aliphatic carbocycles. The summed E-state index contributed by atoms with van der Waals surface area (Å²) < 4.78 is 8.17. The Kier molecular flexibility index (Phi) is 5.01. The molecule has 3 rings (SSSR count). The first-order valence-corrected chi connectivity index (χ1v) is 8.88. The van der Waals surface area contributed by atoms with E-state index in [9.17, 15) is 9.59 Å². The summed E-state index contributed by atoms with van der Waals surface area (Å²) >= 11 is 5.00. The first kappa shape index (κ1) is 16.7. The van der Waals surface area contributed by atoms with Crippen LogP contribution in [0.1, 0.15) is 21.2 Å². The number of rotatable bonds is 5. The molecule has 0 saturated heterocycles. The summed E-state index contributed by atoms with van der Waals surface area (Å²) in [5, 5.41) is 0. The molecule has 124 valence electrons. The van der Waals surface area contributed by atoms with Crippen molar-refractivity contribution in [3.8, 4) is 0 Å². The molecule has 0 radical (unpaired) electrons. The summed E-state index contributed by atoms with van der Waals surface area (Å²) in [5.41, 5.74) is -0.109. The zero-order valence-electron chi connectivity index (χ0n) is 12.9. The summed E-state index contributed by atoms with van der Waals surface area (Å²) in [6, 6.07) is 12.3. The van der Waals surface area contributed by atoms with Gasteiger partial charge in [-0.25, -0.2) is 0 Å². The van der Waals surface area contributed by atoms with Gasteiger partial charge in [-0.2, -0.15) is 0 Å². The van der Waals surface area contributed by atoms with Gasteiger partial charge in [0.25, 0.3) is 11.5 Å². The molecule has 3 heterocycles. The van der Waals surface area contributed by atoms with Crippen molar-refractivity contribution in [1.29, 1.82) is 0 Å². The molecule has 1 amide bonds. The molecule has 0 bridgehead atoms. The zero-order valence-corrected chi connectivity index (χ0v) is 15.3. The van der Waals surface area contributed by atoms with Gasteiger partial charge in [-0.3, -0.25) is 9.59 Å². The lowest BCUT2D eigenvalue weighted by Crippen LogP contribution is -2.25. The number of amides is 1. The molecule has 0 N–H and O–H groups in total. The number of thiophene rings is 1. The Morgan fingerprint density at radius 3 is 2.79 bits per heavy atom. The SMILES string of the molecule is CN(Cc1ccc(Br)s1)C(=O)c1ccc(Cn2ccccc2=O)o1. The Balaban J connectivity index is 1.69. The van der Waals surface area contributed by atoms with E-state index < -0.39 is 0 Å². The number of aromatic nitrogens is 1. The molecule has 3 aromatic rings. The van der Waals surface area contributed by atoms with Crippen molar-refractivity contribution in [1.82, 2.24) is 9.47 Å². The second-order valence-corrected chi connectivity index (χ2v) is 7.85. The summed E-state index contributed by atoms with van der Waals surface area (Å²) in [6.07, 6.45) is 1.69. The molecule has 0 spiro atoms. The Labute approximate surface area is 151 Å². The topological polar surface area (TPSA) is 55.5 Å². The third-order valence-corrected chi connectivity index (χ3v) is 5.07. The molecule has 0 atom stereocenters. The smallest absolute Gasteiger partial charge is 0.289 e. The van der Waals surface area contributed by atoms with Crippen LogP contribution in [-0.4, -0.2) is 22.4 Å². The average molecular weight is 407 g/mol. The van der Waals surface area contributed by atoms with E-state index in [2.05, 4.69) is 15.9 Å². The maximum atomic E-state index is 12.4. The molecule has 0 fully saturated rings. The number of nitrogens with zero attached hydrogens (tertiary/aromatic N) is 2. The van der Waals surface area contributed by atoms with Gasteiger partial charge in [0.1, 0.15) is 5.76 Å². The molecular formula is C17H15BrN2O3S. The van der Waals surface area contributed by atoms with Crippen LogP contribution in [0.2, 0.25) is 0 Å². The minimum absolute atomic E-state index is 0.109. The number of carbonyl (C=O) groups is 1. The Morgan fingerprint density at radius 1 is 1.25 bits per heavy atom. The Hall–Kier alpha value is -2.12. The summed E-state index contributed by atoms with van der Waals surface area (Å²) in [6.45, 7) is 0.817. The number of hydrogen-bond donors (Lipinski definition) is 0. The number of pyridine rings is 1. The number of furan rings is 1. The number of halogens is 1. The van der Waals surface area contributed by atoms with Gasteiger partial charge in [0.2, 0.25) is 0 Å². The highest BCUT2D eigenvalue weighted by atomic mass is 79.9. The molecule has 24 heavy (non-hydrogen) atoms. The average Bonchev–Trinajstić information content (AvgIpc) is 3.18. The third kappa shape index (κ3) is 3.85. The quantitative estimate of drug-likeness (QED) is 0.650. The fourth-order valence-corrected chi connectivity index (χ4v) is 3.80. The van der Waals surface area contributed by atoms with Crippen LogP contribution in [0.15, 0.2) is 61.7 Å². The molecule has 0 aliphatic rings. The van der Waals surface area contributed by atoms with Crippen LogP contribution in [-0.2, 0) is 13.1 Å². The first-order chi connectivity index (χ1) is 11.5. The van der Waals surface area contributed by atoms with E-state index in [4.69, 9.17) is 4.42 Å². The van der Waals surface area contributed by atoms with Gasteiger partial charge in [0.05, 0.1) is 16.9 Å². The maximum absolute atomic E-state index is 12.4. The summed E-state index contributed by atoms with van der Waals surface area (Å²) in [4.78, 5) is 26.9. The van der Waals surface area contributed by atoms with Gasteiger partial charge in [0.15, 0.2) is 5.76 Å². The van der Waals surface area contributed by atoms with Crippen molar-refractivity contribution in [2.75, 3.05) is 7.05 Å². The molecule has 0 saturated carbocycles. The van der Waals surface area contributed by atoms with Crippen LogP contribution >= 0.6 is 27.3 Å². The monoisotopic (exact) mass is 406 g/mol. The Morgan fingerprint density at radius 2 is 2.08 bits per heavy atom. The summed E-state index contributed by atoms with van der Waals surface area (Å²) in [7, 11) is 1.74. The first-order valence-electron chi connectivity index (χ1n) is 7.27. The van der Waals surface area contributed by atoms with E-state index in [-0.39, 0.29) is 17.2 Å². The highest BCUT2D eigenvalue weighted by Gasteiger charge is 2.17. The maximum Gasteiger partial charge on any atom is 0.289 e. The van der Waals surface area contributed by atoms with Crippen LogP contribution in [0.25, 0.3) is 0 Å². The van der Waals surface area contributed by atoms with Crippen molar-refractivity contribution < 1.29 is 9.21 Å². The minimum Gasteiger partial charge on any atom is -0.454 e. The molecule has 5 nitrogen and oxygen atoms in total. The van der Waals surface area contributed by atoms with E-state index in [1.807, 2.05) is 12.1 Å².